The molecule has 0 bridgehead atoms. The van der Waals surface area contributed by atoms with E-state index in [0.717, 1.165) is 0 Å². The summed E-state index contributed by atoms with van der Waals surface area (Å²) in [4.78, 5) is 11.2. The maximum Gasteiger partial charge on any atom is 0.327 e. The molecule has 1 unspecified atom stereocenters. The van der Waals surface area contributed by atoms with Crippen molar-refractivity contribution >= 4 is 17.7 Å². The van der Waals surface area contributed by atoms with Crippen LogP contribution >= 0.6 is 11.8 Å². The lowest BCUT2D eigenvalue weighted by Crippen LogP contribution is -2.14. The first kappa shape index (κ1) is 13.5. The molecule has 2 rings (SSSR count). The standard InChI is InChI=1S/C12H14N4O2S/c1-9(10-6-4-3-5-7-10)19-12-13-14-15-16(12)8-11(17)18-2/h3-7,9H,8H2,1-2H3. The summed E-state index contributed by atoms with van der Waals surface area (Å²) in [6.45, 7) is 2.09. The number of rotatable bonds is 5. The van der Waals surface area contributed by atoms with Crippen molar-refractivity contribution in [2.45, 2.75) is 23.9 Å². The van der Waals surface area contributed by atoms with Crippen LogP contribution < -0.4 is 0 Å². The van der Waals surface area contributed by atoms with Gasteiger partial charge in [0.25, 0.3) is 0 Å². The number of benzene rings is 1. The Morgan fingerprint density at radius 1 is 1.42 bits per heavy atom. The van der Waals surface area contributed by atoms with Crippen LogP contribution in [0.3, 0.4) is 0 Å². The van der Waals surface area contributed by atoms with Crippen LogP contribution in [0.25, 0.3) is 0 Å². The monoisotopic (exact) mass is 278 g/mol. The van der Waals surface area contributed by atoms with Crippen LogP contribution in [0.2, 0.25) is 0 Å². The molecule has 0 N–H and O–H groups in total. The van der Waals surface area contributed by atoms with Crippen LogP contribution in [0, 0.1) is 0 Å². The first-order chi connectivity index (χ1) is 9.20. The molecule has 1 aromatic heterocycles. The lowest BCUT2D eigenvalue weighted by Gasteiger charge is -2.10. The van der Waals surface area contributed by atoms with Crippen molar-refractivity contribution in [3.63, 3.8) is 0 Å². The minimum atomic E-state index is -0.374. The predicted molar refractivity (Wildman–Crippen MR) is 70.5 cm³/mol. The Hall–Kier alpha value is -1.89. The number of carbonyl (C=O) groups is 1. The summed E-state index contributed by atoms with van der Waals surface area (Å²) in [6, 6.07) is 10.0. The Balaban J connectivity index is 2.07. The van der Waals surface area contributed by atoms with Crippen molar-refractivity contribution < 1.29 is 9.53 Å². The normalized spacial score (nSPS) is 12.1. The second-order valence-electron chi connectivity index (χ2n) is 3.87. The number of ether oxygens (including phenoxy) is 1. The van der Waals surface area contributed by atoms with Crippen LogP contribution in [-0.2, 0) is 16.1 Å². The van der Waals surface area contributed by atoms with Gasteiger partial charge in [0.15, 0.2) is 0 Å². The molecular formula is C12H14N4O2S. The highest BCUT2D eigenvalue weighted by molar-refractivity contribution is 7.99. The molecule has 0 aliphatic carbocycles. The maximum atomic E-state index is 11.2. The fourth-order valence-corrected chi connectivity index (χ4v) is 2.43. The third-order valence-corrected chi connectivity index (χ3v) is 3.69. The van der Waals surface area contributed by atoms with Gasteiger partial charge >= 0.3 is 5.97 Å². The van der Waals surface area contributed by atoms with Gasteiger partial charge in [-0.25, -0.2) is 4.68 Å². The SMILES string of the molecule is COC(=O)Cn1nnnc1SC(C)c1ccccc1. The zero-order chi connectivity index (χ0) is 13.7. The Kier molecular flexibility index (Phi) is 4.51. The molecule has 100 valence electrons. The molecule has 7 heteroatoms. The summed E-state index contributed by atoms with van der Waals surface area (Å²) in [5, 5.41) is 12.1. The molecule has 0 amide bonds. The molecule has 0 saturated heterocycles. The third-order valence-electron chi connectivity index (χ3n) is 2.56. The summed E-state index contributed by atoms with van der Waals surface area (Å²) in [5.74, 6) is -0.374. The molecular weight excluding hydrogens is 264 g/mol. The van der Waals surface area contributed by atoms with E-state index in [-0.39, 0.29) is 17.8 Å². The molecule has 6 nitrogen and oxygen atoms in total. The average molecular weight is 278 g/mol. The summed E-state index contributed by atoms with van der Waals surface area (Å²) in [6.07, 6.45) is 0. The van der Waals surface area contributed by atoms with E-state index in [4.69, 9.17) is 0 Å². The highest BCUT2D eigenvalue weighted by Gasteiger charge is 2.15. The van der Waals surface area contributed by atoms with Crippen molar-refractivity contribution in [2.24, 2.45) is 0 Å². The molecule has 0 saturated carbocycles. The van der Waals surface area contributed by atoms with E-state index in [1.807, 2.05) is 30.3 Å². The number of hydrogen-bond acceptors (Lipinski definition) is 6. The van der Waals surface area contributed by atoms with Crippen molar-refractivity contribution in [3.05, 3.63) is 35.9 Å². The largest absolute Gasteiger partial charge is 0.468 e. The fourth-order valence-electron chi connectivity index (χ4n) is 1.52. The molecule has 1 atom stereocenters. The Labute approximate surface area is 115 Å². The van der Waals surface area contributed by atoms with Gasteiger partial charge in [-0.15, -0.1) is 5.10 Å². The van der Waals surface area contributed by atoms with Gasteiger partial charge in [0.1, 0.15) is 6.54 Å². The number of hydrogen-bond donors (Lipinski definition) is 0. The molecule has 1 heterocycles. The number of thioether (sulfide) groups is 1. The van der Waals surface area contributed by atoms with Gasteiger partial charge in [-0.3, -0.25) is 4.79 Å². The zero-order valence-electron chi connectivity index (χ0n) is 10.7. The van der Waals surface area contributed by atoms with Crippen LogP contribution in [0.15, 0.2) is 35.5 Å². The van der Waals surface area contributed by atoms with Gasteiger partial charge in [0.05, 0.1) is 7.11 Å². The van der Waals surface area contributed by atoms with E-state index in [0.29, 0.717) is 5.16 Å². The molecule has 0 spiro atoms. The fraction of sp³-hybridized carbons (Fsp3) is 0.333. The number of tetrazole rings is 1. The van der Waals surface area contributed by atoms with E-state index in [9.17, 15) is 4.79 Å². The van der Waals surface area contributed by atoms with Crippen molar-refractivity contribution in [1.29, 1.82) is 0 Å². The van der Waals surface area contributed by atoms with Crippen LogP contribution in [0.1, 0.15) is 17.7 Å². The number of methoxy groups -OCH3 is 1. The number of aromatic nitrogens is 4. The zero-order valence-corrected chi connectivity index (χ0v) is 11.5. The van der Waals surface area contributed by atoms with E-state index >= 15 is 0 Å². The van der Waals surface area contributed by atoms with Gasteiger partial charge in [-0.2, -0.15) is 0 Å². The van der Waals surface area contributed by atoms with Gasteiger partial charge in [-0.1, -0.05) is 42.1 Å². The minimum absolute atomic E-state index is 0.0212. The molecule has 1 aromatic carbocycles. The summed E-state index contributed by atoms with van der Waals surface area (Å²) >= 11 is 1.50. The molecule has 19 heavy (non-hydrogen) atoms. The Morgan fingerprint density at radius 2 is 2.16 bits per heavy atom. The first-order valence-corrected chi connectivity index (χ1v) is 6.63. The van der Waals surface area contributed by atoms with Gasteiger partial charge in [0.2, 0.25) is 5.16 Å². The molecule has 2 aromatic rings. The molecule has 0 aliphatic heterocycles. The highest BCUT2D eigenvalue weighted by atomic mass is 32.2. The lowest BCUT2D eigenvalue weighted by atomic mass is 10.2. The van der Waals surface area contributed by atoms with Gasteiger partial charge in [-0.05, 0) is 22.9 Å². The molecule has 0 radical (unpaired) electrons. The number of carbonyl (C=O) groups excluding carboxylic acids is 1. The van der Waals surface area contributed by atoms with Crippen molar-refractivity contribution in [2.75, 3.05) is 7.11 Å². The first-order valence-electron chi connectivity index (χ1n) is 5.75. The maximum absolute atomic E-state index is 11.2. The minimum Gasteiger partial charge on any atom is -0.468 e. The Morgan fingerprint density at radius 3 is 2.84 bits per heavy atom. The average Bonchev–Trinajstić information content (AvgIpc) is 2.86. The summed E-state index contributed by atoms with van der Waals surface area (Å²) in [5.41, 5.74) is 1.18. The van der Waals surface area contributed by atoms with Gasteiger partial charge in [0, 0.05) is 5.25 Å². The predicted octanol–water partition coefficient (Wildman–Crippen LogP) is 1.70. The second kappa shape index (κ2) is 6.33. The van der Waals surface area contributed by atoms with E-state index in [2.05, 4.69) is 27.2 Å². The quantitative estimate of drug-likeness (QED) is 0.612. The number of esters is 1. The second-order valence-corrected chi connectivity index (χ2v) is 5.17. The topological polar surface area (TPSA) is 69.9 Å². The summed E-state index contributed by atoms with van der Waals surface area (Å²) < 4.78 is 6.04. The highest BCUT2D eigenvalue weighted by Crippen LogP contribution is 2.32. The van der Waals surface area contributed by atoms with Crippen LogP contribution in [-0.4, -0.2) is 33.3 Å². The summed E-state index contributed by atoms with van der Waals surface area (Å²) in [7, 11) is 1.34. The van der Waals surface area contributed by atoms with Crippen molar-refractivity contribution in [1.82, 2.24) is 20.2 Å². The van der Waals surface area contributed by atoms with Gasteiger partial charge < -0.3 is 4.74 Å². The van der Waals surface area contributed by atoms with E-state index in [1.54, 1.807) is 0 Å². The van der Waals surface area contributed by atoms with E-state index < -0.39 is 0 Å². The number of nitrogens with zero attached hydrogens (tertiary/aromatic N) is 4. The molecule has 0 fully saturated rings. The Bertz CT molecular complexity index is 544. The third kappa shape index (κ3) is 3.54. The molecule has 0 aliphatic rings. The van der Waals surface area contributed by atoms with E-state index in [1.165, 1.54) is 29.1 Å². The van der Waals surface area contributed by atoms with Crippen LogP contribution in [0.4, 0.5) is 0 Å². The van der Waals surface area contributed by atoms with Crippen molar-refractivity contribution in [3.8, 4) is 0 Å². The van der Waals surface area contributed by atoms with Crippen LogP contribution in [0.5, 0.6) is 0 Å². The smallest absolute Gasteiger partial charge is 0.327 e. The lowest BCUT2D eigenvalue weighted by molar-refractivity contribution is -0.141.